The summed E-state index contributed by atoms with van der Waals surface area (Å²) in [5.74, 6) is 0. The van der Waals surface area contributed by atoms with Gasteiger partial charge in [-0.05, 0) is 113 Å². The van der Waals surface area contributed by atoms with Gasteiger partial charge in [-0.1, -0.05) is 158 Å². The van der Waals surface area contributed by atoms with Crippen LogP contribution in [0.5, 0.6) is 0 Å². The minimum atomic E-state index is 1.04. The molecule has 0 saturated heterocycles. The van der Waals surface area contributed by atoms with Crippen molar-refractivity contribution in [3.63, 3.8) is 0 Å². The largest absolute Gasteiger partial charge is 0.236 e. The quantitative estimate of drug-likeness (QED) is 0.163. The lowest BCUT2D eigenvalue weighted by Gasteiger charge is -2.22. The zero-order valence-corrected chi connectivity index (χ0v) is 32.8. The maximum absolute atomic E-state index is 5.03. The molecule has 0 spiro atoms. The van der Waals surface area contributed by atoms with E-state index in [2.05, 4.69) is 194 Å². The Morgan fingerprint density at radius 3 is 0.897 bits per heavy atom. The molecule has 2 heterocycles. The number of fused-ring (bicyclic) bond motifs is 6. The molecule has 0 amide bonds. The molecular formula is C54H32N2S2. The van der Waals surface area contributed by atoms with Gasteiger partial charge in [0.05, 0.1) is 20.4 Å². The highest BCUT2D eigenvalue weighted by atomic mass is 32.1. The van der Waals surface area contributed by atoms with E-state index in [9.17, 15) is 0 Å². The molecule has 0 saturated carbocycles. The number of thiazole rings is 2. The second kappa shape index (κ2) is 13.3. The first-order valence-corrected chi connectivity index (χ1v) is 21.2. The number of hydrogen-bond acceptors (Lipinski definition) is 4. The summed E-state index contributed by atoms with van der Waals surface area (Å²) in [6.07, 6.45) is 0. The highest BCUT2D eigenvalue weighted by Crippen LogP contribution is 2.50. The van der Waals surface area contributed by atoms with Crippen molar-refractivity contribution in [2.24, 2.45) is 0 Å². The van der Waals surface area contributed by atoms with Crippen LogP contribution >= 0.6 is 22.7 Å². The van der Waals surface area contributed by atoms with Gasteiger partial charge >= 0.3 is 0 Å². The van der Waals surface area contributed by atoms with Crippen LogP contribution in [0.15, 0.2) is 194 Å². The van der Waals surface area contributed by atoms with Crippen molar-refractivity contribution in [2.45, 2.75) is 0 Å². The molecule has 0 unspecified atom stereocenters. The third-order valence-electron chi connectivity index (χ3n) is 11.5. The molecule has 0 bridgehead atoms. The Morgan fingerprint density at radius 2 is 0.552 bits per heavy atom. The van der Waals surface area contributed by atoms with Crippen molar-refractivity contribution >= 4 is 86.2 Å². The predicted octanol–water partition coefficient (Wildman–Crippen LogP) is 15.9. The fraction of sp³-hybridized carbons (Fsp3) is 0. The molecule has 0 aliphatic heterocycles. The topological polar surface area (TPSA) is 25.8 Å². The van der Waals surface area contributed by atoms with E-state index in [1.54, 1.807) is 22.7 Å². The molecule has 2 aromatic heterocycles. The third kappa shape index (κ3) is 5.23. The second-order valence-electron chi connectivity index (χ2n) is 14.8. The van der Waals surface area contributed by atoms with E-state index in [0.717, 1.165) is 32.2 Å². The first-order chi connectivity index (χ1) is 28.8. The Balaban J connectivity index is 1.12. The summed E-state index contributed by atoms with van der Waals surface area (Å²) in [6.45, 7) is 0. The van der Waals surface area contributed by atoms with Crippen LogP contribution < -0.4 is 0 Å². The van der Waals surface area contributed by atoms with Gasteiger partial charge < -0.3 is 0 Å². The predicted molar refractivity (Wildman–Crippen MR) is 250 cm³/mol. The average Bonchev–Trinajstić information content (AvgIpc) is 3.93. The van der Waals surface area contributed by atoms with Crippen molar-refractivity contribution < 1.29 is 0 Å². The lowest BCUT2D eigenvalue weighted by molar-refractivity contribution is 1.48. The van der Waals surface area contributed by atoms with Gasteiger partial charge in [-0.3, -0.25) is 0 Å². The van der Waals surface area contributed by atoms with Gasteiger partial charge in [0.15, 0.2) is 0 Å². The third-order valence-corrected chi connectivity index (χ3v) is 13.7. The minimum absolute atomic E-state index is 1.04. The zero-order valence-electron chi connectivity index (χ0n) is 31.2. The molecule has 4 heteroatoms. The molecule has 58 heavy (non-hydrogen) atoms. The summed E-state index contributed by atoms with van der Waals surface area (Å²) in [5, 5.41) is 12.0. The summed E-state index contributed by atoms with van der Waals surface area (Å²) >= 11 is 3.50. The van der Waals surface area contributed by atoms with Crippen LogP contribution in [0.25, 0.3) is 118 Å². The van der Waals surface area contributed by atoms with Crippen LogP contribution in [0.2, 0.25) is 0 Å². The van der Waals surface area contributed by atoms with Gasteiger partial charge in [0.1, 0.15) is 10.0 Å². The molecule has 12 aromatic rings. The Labute approximate surface area is 343 Å². The number of nitrogens with zero attached hydrogens (tertiary/aromatic N) is 2. The standard InChI is InChI=1S/C54H32N2S2/c1-5-23-41-37(19-1)49(33-15-13-17-35(31-33)53-55-45-27-9-11-29-47(45)57-53)38-20-2-6-24-42(38)51(41)52-43-25-7-3-21-39(43)50(40-22-4-8-26-44(40)52)34-16-14-18-36(32-34)54-56-46-28-10-12-30-48(46)58-54/h1-32H. The minimum Gasteiger partial charge on any atom is -0.236 e. The number of rotatable bonds is 5. The van der Waals surface area contributed by atoms with E-state index in [0.29, 0.717) is 0 Å². The van der Waals surface area contributed by atoms with Gasteiger partial charge in [0.2, 0.25) is 0 Å². The van der Waals surface area contributed by atoms with E-state index < -0.39 is 0 Å². The summed E-state index contributed by atoms with van der Waals surface area (Å²) in [4.78, 5) is 10.1. The van der Waals surface area contributed by atoms with E-state index in [4.69, 9.17) is 9.97 Å². The van der Waals surface area contributed by atoms with Crippen LogP contribution in [-0.2, 0) is 0 Å². The summed E-state index contributed by atoms with van der Waals surface area (Å²) < 4.78 is 2.41. The van der Waals surface area contributed by atoms with Crippen molar-refractivity contribution in [3.8, 4) is 54.5 Å². The highest BCUT2D eigenvalue weighted by molar-refractivity contribution is 7.22. The SMILES string of the molecule is c1cc(-c2nc3ccccc3s2)cc(-c2c3ccccc3c(-c3c4ccccc4c(-c4cccc(-c5nc6ccccc6s5)c4)c4ccccc34)c3ccccc23)c1. The first-order valence-electron chi connectivity index (χ1n) is 19.6. The summed E-state index contributed by atoms with van der Waals surface area (Å²) in [6, 6.07) is 70.7. The highest BCUT2D eigenvalue weighted by Gasteiger charge is 2.23. The van der Waals surface area contributed by atoms with E-state index >= 15 is 0 Å². The van der Waals surface area contributed by atoms with Crippen LogP contribution in [-0.4, -0.2) is 9.97 Å². The fourth-order valence-corrected chi connectivity index (χ4v) is 10.9. The van der Waals surface area contributed by atoms with Crippen molar-refractivity contribution in [1.82, 2.24) is 9.97 Å². The average molecular weight is 773 g/mol. The maximum atomic E-state index is 5.03. The fourth-order valence-electron chi connectivity index (χ4n) is 9.02. The number of hydrogen-bond donors (Lipinski definition) is 0. The molecule has 0 radical (unpaired) electrons. The first kappa shape index (κ1) is 33.2. The molecule has 10 aromatic carbocycles. The van der Waals surface area contributed by atoms with Gasteiger partial charge in [0, 0.05) is 11.1 Å². The molecule has 12 rings (SSSR count). The summed E-state index contributed by atoms with van der Waals surface area (Å²) in [5.41, 5.74) is 11.7. The van der Waals surface area contributed by atoms with Crippen molar-refractivity contribution in [1.29, 1.82) is 0 Å². The van der Waals surface area contributed by atoms with Gasteiger partial charge in [-0.15, -0.1) is 22.7 Å². The van der Waals surface area contributed by atoms with E-state index in [1.807, 2.05) is 0 Å². The van der Waals surface area contributed by atoms with Crippen molar-refractivity contribution in [3.05, 3.63) is 194 Å². The molecule has 0 N–H and O–H groups in total. The Hall–Kier alpha value is -6.98. The van der Waals surface area contributed by atoms with E-state index in [1.165, 1.54) is 85.9 Å². The lowest BCUT2D eigenvalue weighted by Crippen LogP contribution is -1.95. The molecule has 0 atom stereocenters. The van der Waals surface area contributed by atoms with Crippen LogP contribution in [0.1, 0.15) is 0 Å². The molecule has 0 aliphatic rings. The Bertz CT molecular complexity index is 3170. The Morgan fingerprint density at radius 1 is 0.259 bits per heavy atom. The lowest BCUT2D eigenvalue weighted by atomic mass is 9.81. The molecule has 2 nitrogen and oxygen atoms in total. The second-order valence-corrected chi connectivity index (χ2v) is 16.9. The zero-order chi connectivity index (χ0) is 38.2. The monoisotopic (exact) mass is 772 g/mol. The van der Waals surface area contributed by atoms with Crippen LogP contribution in [0.4, 0.5) is 0 Å². The van der Waals surface area contributed by atoms with Gasteiger partial charge in [-0.2, -0.15) is 0 Å². The number of aromatic nitrogens is 2. The van der Waals surface area contributed by atoms with Crippen LogP contribution in [0, 0.1) is 0 Å². The normalized spacial score (nSPS) is 11.8. The number of para-hydroxylation sites is 2. The summed E-state index contributed by atoms with van der Waals surface area (Å²) in [7, 11) is 0. The molecule has 0 fully saturated rings. The Kier molecular flexibility index (Phi) is 7.62. The van der Waals surface area contributed by atoms with Gasteiger partial charge in [-0.25, -0.2) is 9.97 Å². The smallest absolute Gasteiger partial charge is 0.124 e. The molecule has 270 valence electrons. The van der Waals surface area contributed by atoms with Crippen LogP contribution in [0.3, 0.4) is 0 Å². The van der Waals surface area contributed by atoms with E-state index in [-0.39, 0.29) is 0 Å². The molecule has 0 aliphatic carbocycles. The van der Waals surface area contributed by atoms with Crippen molar-refractivity contribution in [2.75, 3.05) is 0 Å². The maximum Gasteiger partial charge on any atom is 0.124 e. The number of benzene rings is 10. The van der Waals surface area contributed by atoms with Gasteiger partial charge in [0.25, 0.3) is 0 Å². The molecular weight excluding hydrogens is 741 g/mol.